The zero-order valence-corrected chi connectivity index (χ0v) is 13.6. The van der Waals surface area contributed by atoms with Crippen molar-refractivity contribution in [3.05, 3.63) is 0 Å². The molecular weight excluding hydrogens is 415 g/mol. The monoisotopic (exact) mass is 428 g/mol. The second kappa shape index (κ2) is 11.8. The third-order valence-electron chi connectivity index (χ3n) is 1.82. The fourth-order valence-corrected chi connectivity index (χ4v) is 0.995. The summed E-state index contributed by atoms with van der Waals surface area (Å²) in [6.45, 7) is -0.771. The van der Waals surface area contributed by atoms with Crippen molar-refractivity contribution in [1.29, 1.82) is 0 Å². The fourth-order valence-electron chi connectivity index (χ4n) is 0.907. The molecule has 0 amide bonds. The van der Waals surface area contributed by atoms with Crippen LogP contribution < -0.4 is 11.5 Å². The molecule has 0 aromatic carbocycles. The average molecular weight is 429 g/mol. The van der Waals surface area contributed by atoms with Crippen LogP contribution in [0.1, 0.15) is 0 Å². The molecule has 0 saturated carbocycles. The van der Waals surface area contributed by atoms with E-state index >= 15 is 0 Å². The molecule has 0 heterocycles. The maximum absolute atomic E-state index is 9.76. The number of aliphatic hydroxyl groups excluding tert-OH is 4. The molecule has 0 aliphatic carbocycles. The Labute approximate surface area is 145 Å². The average Bonchev–Trinajstić information content (AvgIpc) is 2.39. The molecule has 0 spiro atoms. The van der Waals surface area contributed by atoms with E-state index < -0.39 is 24.9 Å². The zero-order chi connectivity index (χ0) is 15.7. The van der Waals surface area contributed by atoms with E-state index in [1.165, 1.54) is 0 Å². The van der Waals surface area contributed by atoms with E-state index in [1.807, 2.05) is 0 Å². The largest absolute Gasteiger partial charge is 2.00 e. The first kappa shape index (κ1) is 22.5. The van der Waals surface area contributed by atoms with Crippen molar-refractivity contribution in [2.24, 2.45) is 31.9 Å². The van der Waals surface area contributed by atoms with Crippen LogP contribution in [0.25, 0.3) is 0 Å². The van der Waals surface area contributed by atoms with E-state index in [9.17, 15) is 15.3 Å². The van der Waals surface area contributed by atoms with Crippen LogP contribution in [0.3, 0.4) is 0 Å². The summed E-state index contributed by atoms with van der Waals surface area (Å²) < 4.78 is 0. The number of rotatable bonds is 7. The summed E-state index contributed by atoms with van der Waals surface area (Å²) >= 11 is 8.90. The molecule has 13 heteroatoms. The first-order valence-electron chi connectivity index (χ1n) is 5.06. The van der Waals surface area contributed by atoms with Crippen molar-refractivity contribution in [2.45, 2.75) is 18.3 Å². The minimum absolute atomic E-state index is 0. The Kier molecular flexibility index (Phi) is 12.7. The van der Waals surface area contributed by atoms with Crippen molar-refractivity contribution < 1.29 is 40.8 Å². The van der Waals surface area contributed by atoms with Crippen LogP contribution in [0, 0.1) is 0 Å². The number of hydrogen-bond acceptors (Lipinski definition) is 10. The molecule has 3 atom stereocenters. The molecule has 0 radical (unpaired) electrons. The maximum Gasteiger partial charge on any atom is 2.00 e. The molecule has 3 unspecified atom stereocenters. The molecule has 0 bridgehead atoms. The molecule has 21 heavy (non-hydrogen) atoms. The molecule has 0 fully saturated rings. The van der Waals surface area contributed by atoms with Crippen LogP contribution in [0.5, 0.6) is 0 Å². The summed E-state index contributed by atoms with van der Waals surface area (Å²) in [7, 11) is 0. The molecule has 10 nitrogen and oxygen atoms in total. The summed E-state index contributed by atoms with van der Waals surface area (Å²) in [5, 5.41) is 50.0. The van der Waals surface area contributed by atoms with Crippen molar-refractivity contribution >= 4 is 47.5 Å². The fraction of sp³-hybridized carbons (Fsp3) is 0.500. The number of amidine groups is 2. The summed E-state index contributed by atoms with van der Waals surface area (Å²) in [6.07, 6.45) is -4.17. The normalized spacial score (nSPS) is 18.2. The quantitative estimate of drug-likeness (QED) is 0.0782. The van der Waals surface area contributed by atoms with Gasteiger partial charge in [0.25, 0.3) is 0 Å². The van der Waals surface area contributed by atoms with Gasteiger partial charge in [-0.05, 0) is 10.3 Å². The Morgan fingerprint density at radius 3 is 2.00 bits per heavy atom. The predicted octanol–water partition coefficient (Wildman–Crippen LogP) is -3.88. The van der Waals surface area contributed by atoms with Gasteiger partial charge < -0.3 is 57.2 Å². The first-order chi connectivity index (χ1) is 9.29. The van der Waals surface area contributed by atoms with E-state index in [4.69, 9.17) is 16.6 Å². The van der Waals surface area contributed by atoms with Crippen LogP contribution in [-0.4, -0.2) is 67.6 Å². The van der Waals surface area contributed by atoms with Gasteiger partial charge in [-0.1, -0.05) is 0 Å². The molecule has 0 aliphatic heterocycles. The Morgan fingerprint density at radius 1 is 1.05 bits per heavy atom. The van der Waals surface area contributed by atoms with Crippen molar-refractivity contribution in [1.82, 2.24) is 0 Å². The molecule has 0 rings (SSSR count). The Balaban J connectivity index is 0. The standard InChI is InChI=1S/C8H16N6O4S2.Pd/c9-7(19)13-11-1-3(12-14-8(10)20)5(17)6(18)4(16)2-15;/h1,4-6,15-18H,2H2,(H3,9,13,19)(H3,10,14,20);/q;+2/p-2. The van der Waals surface area contributed by atoms with Gasteiger partial charge in [-0.25, -0.2) is 0 Å². The molecule has 0 aliphatic rings. The molecule has 122 valence electrons. The molecule has 0 saturated heterocycles. The van der Waals surface area contributed by atoms with Gasteiger partial charge in [0.15, 0.2) is 0 Å². The Bertz CT molecular complexity index is 425. The van der Waals surface area contributed by atoms with Gasteiger partial charge in [0, 0.05) is 0 Å². The van der Waals surface area contributed by atoms with Crippen molar-refractivity contribution in [3.63, 3.8) is 0 Å². The number of aliphatic hydroxyl groups is 4. The third-order valence-corrected chi connectivity index (χ3v) is 1.98. The Morgan fingerprint density at radius 2 is 1.57 bits per heavy atom. The summed E-state index contributed by atoms with van der Waals surface area (Å²) in [4.78, 5) is 0. The van der Waals surface area contributed by atoms with Gasteiger partial charge in [-0.2, -0.15) is 20.4 Å². The smallest absolute Gasteiger partial charge is 0.741 e. The predicted molar refractivity (Wildman–Crippen MR) is 79.0 cm³/mol. The molecule has 8 N–H and O–H groups in total. The number of nitrogens with two attached hydrogens (primary N) is 2. The molecular formula is C8H14N6O4PdS2. The molecule has 0 aromatic rings. The van der Waals surface area contributed by atoms with Gasteiger partial charge in [0.2, 0.25) is 0 Å². The van der Waals surface area contributed by atoms with Gasteiger partial charge in [0.1, 0.15) is 24.0 Å². The van der Waals surface area contributed by atoms with Crippen LogP contribution >= 0.6 is 0 Å². The minimum atomic E-state index is -1.74. The van der Waals surface area contributed by atoms with E-state index in [0.29, 0.717) is 0 Å². The summed E-state index contributed by atoms with van der Waals surface area (Å²) in [5.41, 5.74) is 9.84. The van der Waals surface area contributed by atoms with E-state index in [1.54, 1.807) is 0 Å². The van der Waals surface area contributed by atoms with Gasteiger partial charge in [-0.15, -0.1) is 0 Å². The van der Waals surface area contributed by atoms with E-state index in [0.717, 1.165) is 6.21 Å². The topological polar surface area (TPSA) is 182 Å². The SMILES string of the molecule is NC([S-])=NN=CC(=NN=C(N)[S-])C(O)C(O)C(O)CO.[Pd+2]. The second-order valence-corrected chi connectivity index (χ2v) is 4.17. The van der Waals surface area contributed by atoms with Crippen LogP contribution in [0.15, 0.2) is 20.4 Å². The second-order valence-electron chi connectivity index (χ2n) is 3.33. The first-order valence-corrected chi connectivity index (χ1v) is 5.87. The third kappa shape index (κ3) is 9.72. The zero-order valence-electron chi connectivity index (χ0n) is 10.4. The summed E-state index contributed by atoms with van der Waals surface area (Å²) in [5.74, 6) is 0. The van der Waals surface area contributed by atoms with Crippen LogP contribution in [0.2, 0.25) is 0 Å². The van der Waals surface area contributed by atoms with Gasteiger partial charge in [0.05, 0.1) is 12.8 Å². The van der Waals surface area contributed by atoms with Gasteiger partial charge >= 0.3 is 20.4 Å². The van der Waals surface area contributed by atoms with Crippen LogP contribution in [-0.2, 0) is 45.7 Å². The van der Waals surface area contributed by atoms with Crippen LogP contribution in [0.4, 0.5) is 0 Å². The van der Waals surface area contributed by atoms with Gasteiger partial charge in [-0.3, -0.25) is 0 Å². The maximum atomic E-state index is 9.76. The minimum Gasteiger partial charge on any atom is -0.741 e. The Hall–Kier alpha value is -0.778. The summed E-state index contributed by atoms with van der Waals surface area (Å²) in [6, 6.07) is 0. The van der Waals surface area contributed by atoms with Crippen molar-refractivity contribution in [2.75, 3.05) is 6.61 Å². The number of nitrogens with zero attached hydrogens (tertiary/aromatic N) is 4. The van der Waals surface area contributed by atoms with E-state index in [-0.39, 0.29) is 36.5 Å². The van der Waals surface area contributed by atoms with E-state index in [2.05, 4.69) is 45.7 Å². The molecule has 0 aromatic heterocycles. The number of hydrogen-bond donors (Lipinski definition) is 6. The van der Waals surface area contributed by atoms with Crippen molar-refractivity contribution in [3.8, 4) is 0 Å².